The number of para-hydroxylation sites is 2. The average Bonchev–Trinajstić information content (AvgIpc) is 3.02. The Hall–Kier alpha value is -2.22. The molecule has 0 heterocycles. The van der Waals surface area contributed by atoms with Gasteiger partial charge in [0.05, 0.1) is 22.8 Å². The van der Waals surface area contributed by atoms with Crippen LogP contribution in [-0.2, 0) is 0 Å². The van der Waals surface area contributed by atoms with Gasteiger partial charge in [-0.15, -0.1) is 0 Å². The number of nitrogens with zero attached hydrogens (tertiary/aromatic N) is 2. The lowest BCUT2D eigenvalue weighted by molar-refractivity contribution is 0.122. The molecule has 0 spiro atoms. The van der Waals surface area contributed by atoms with E-state index in [1.54, 1.807) is 0 Å². The van der Waals surface area contributed by atoms with Crippen molar-refractivity contribution < 1.29 is 0 Å². The van der Waals surface area contributed by atoms with Crippen LogP contribution in [0.4, 0.5) is 11.4 Å². The van der Waals surface area contributed by atoms with Gasteiger partial charge in [-0.3, -0.25) is 9.98 Å². The Morgan fingerprint density at radius 2 is 1.00 bits per heavy atom. The minimum absolute atomic E-state index is 0.594. The van der Waals surface area contributed by atoms with Crippen LogP contribution in [-0.4, -0.2) is 11.4 Å². The predicted molar refractivity (Wildman–Crippen MR) is 128 cm³/mol. The number of hydrogen-bond acceptors (Lipinski definition) is 2. The molecule has 30 heavy (non-hydrogen) atoms. The van der Waals surface area contributed by atoms with E-state index < -0.39 is 0 Å². The molecule has 3 fully saturated rings. The number of aliphatic imine (C=N–C) groups is 2. The summed E-state index contributed by atoms with van der Waals surface area (Å²) < 4.78 is 0. The summed E-state index contributed by atoms with van der Waals surface area (Å²) in [6.45, 7) is 8.78. The van der Waals surface area contributed by atoms with Crippen molar-refractivity contribution in [1.82, 2.24) is 0 Å². The van der Waals surface area contributed by atoms with Crippen molar-refractivity contribution in [1.29, 1.82) is 0 Å². The Kier molecular flexibility index (Phi) is 5.13. The molecule has 2 heteroatoms. The van der Waals surface area contributed by atoms with E-state index in [-0.39, 0.29) is 0 Å². The number of benzene rings is 2. The van der Waals surface area contributed by atoms with Crippen molar-refractivity contribution in [2.75, 3.05) is 0 Å². The van der Waals surface area contributed by atoms with Gasteiger partial charge in [-0.1, -0.05) is 62.1 Å². The Balaban J connectivity index is 1.71. The van der Waals surface area contributed by atoms with Crippen molar-refractivity contribution in [3.8, 4) is 0 Å². The summed E-state index contributed by atoms with van der Waals surface area (Å²) in [5.41, 5.74) is 10.1. The molecule has 0 bridgehead atoms. The minimum Gasteiger partial charge on any atom is -0.251 e. The van der Waals surface area contributed by atoms with Gasteiger partial charge in [0.15, 0.2) is 0 Å². The maximum atomic E-state index is 5.42. The summed E-state index contributed by atoms with van der Waals surface area (Å²) >= 11 is 0. The molecule has 5 rings (SSSR count). The monoisotopic (exact) mass is 398 g/mol. The Morgan fingerprint density at radius 3 is 1.40 bits per heavy atom. The van der Waals surface area contributed by atoms with E-state index in [1.807, 2.05) is 0 Å². The molecule has 3 aliphatic carbocycles. The fraction of sp³-hybridized carbons (Fsp3) is 0.500. The van der Waals surface area contributed by atoms with E-state index in [4.69, 9.17) is 9.98 Å². The molecular formula is C28H34N2. The highest BCUT2D eigenvalue weighted by molar-refractivity contribution is 6.46. The fourth-order valence-electron chi connectivity index (χ4n) is 6.55. The summed E-state index contributed by atoms with van der Waals surface area (Å²) in [5, 5.41) is 0. The van der Waals surface area contributed by atoms with E-state index in [0.29, 0.717) is 11.8 Å². The Labute approximate surface area is 181 Å². The van der Waals surface area contributed by atoms with Crippen LogP contribution in [0.1, 0.15) is 60.8 Å². The molecule has 0 radical (unpaired) electrons. The molecule has 0 amide bonds. The first-order chi connectivity index (χ1) is 14.5. The first-order valence-electron chi connectivity index (χ1n) is 11.8. The van der Waals surface area contributed by atoms with Gasteiger partial charge in [0.25, 0.3) is 0 Å². The zero-order valence-electron chi connectivity index (χ0n) is 18.9. The number of rotatable bonds is 2. The van der Waals surface area contributed by atoms with E-state index in [1.165, 1.54) is 83.6 Å². The van der Waals surface area contributed by atoms with Crippen LogP contribution >= 0.6 is 0 Å². The molecule has 0 N–H and O–H groups in total. The molecule has 2 atom stereocenters. The molecule has 2 unspecified atom stereocenters. The predicted octanol–water partition coefficient (Wildman–Crippen LogP) is 7.61. The average molecular weight is 399 g/mol. The van der Waals surface area contributed by atoms with Crippen molar-refractivity contribution >= 4 is 22.8 Å². The standard InChI is InChI=1S/C28H34N2/c1-17-9-5-10-18(2)25(17)29-27-22-15-7-13-21-14-8-16-23(24(21)22)28(27)30-26-19(3)11-6-12-20(26)4/h5-6,9-12,21-24H,7-8,13-16H2,1-4H3. The van der Waals surface area contributed by atoms with Gasteiger partial charge >= 0.3 is 0 Å². The maximum Gasteiger partial charge on any atom is 0.0692 e. The van der Waals surface area contributed by atoms with Crippen molar-refractivity contribution in [3.05, 3.63) is 58.7 Å². The summed E-state index contributed by atoms with van der Waals surface area (Å²) in [5.74, 6) is 2.82. The van der Waals surface area contributed by atoms with Crippen LogP contribution in [0.5, 0.6) is 0 Å². The molecule has 3 aliphatic rings. The number of aryl methyl sites for hydroxylation is 4. The quantitative estimate of drug-likeness (QED) is 0.497. The smallest absolute Gasteiger partial charge is 0.0692 e. The molecule has 3 saturated carbocycles. The Morgan fingerprint density at radius 1 is 0.600 bits per heavy atom. The Bertz CT molecular complexity index is 907. The van der Waals surface area contributed by atoms with Gasteiger partial charge in [0.2, 0.25) is 0 Å². The van der Waals surface area contributed by atoms with E-state index in [0.717, 1.165) is 11.8 Å². The first-order valence-corrected chi connectivity index (χ1v) is 11.8. The van der Waals surface area contributed by atoms with Crippen LogP contribution in [0.15, 0.2) is 46.4 Å². The van der Waals surface area contributed by atoms with Crippen molar-refractivity contribution in [2.24, 2.45) is 33.7 Å². The van der Waals surface area contributed by atoms with Gasteiger partial charge in [-0.2, -0.15) is 0 Å². The van der Waals surface area contributed by atoms with Gasteiger partial charge in [0, 0.05) is 11.8 Å². The van der Waals surface area contributed by atoms with Crippen LogP contribution in [0, 0.1) is 51.4 Å². The normalized spacial score (nSPS) is 30.7. The zero-order valence-corrected chi connectivity index (χ0v) is 18.9. The van der Waals surface area contributed by atoms with Crippen LogP contribution in [0.2, 0.25) is 0 Å². The molecule has 0 saturated heterocycles. The van der Waals surface area contributed by atoms with E-state index in [2.05, 4.69) is 64.1 Å². The van der Waals surface area contributed by atoms with Crippen LogP contribution in [0.3, 0.4) is 0 Å². The lowest BCUT2D eigenvalue weighted by Gasteiger charge is -2.40. The lowest BCUT2D eigenvalue weighted by atomic mass is 9.65. The number of hydrogen-bond donors (Lipinski definition) is 0. The molecule has 0 aromatic heterocycles. The largest absolute Gasteiger partial charge is 0.251 e. The van der Waals surface area contributed by atoms with Gasteiger partial charge in [-0.05, 0) is 74.6 Å². The van der Waals surface area contributed by atoms with Crippen LogP contribution in [0.25, 0.3) is 0 Å². The molecular weight excluding hydrogens is 364 g/mol. The SMILES string of the molecule is Cc1cccc(C)c1N=C1C(=Nc2c(C)cccc2C)C2CCCC3CCCC1C32. The lowest BCUT2D eigenvalue weighted by Crippen LogP contribution is -2.33. The molecule has 2 nitrogen and oxygen atoms in total. The molecule has 2 aromatic carbocycles. The van der Waals surface area contributed by atoms with Crippen molar-refractivity contribution in [3.63, 3.8) is 0 Å². The van der Waals surface area contributed by atoms with Gasteiger partial charge < -0.3 is 0 Å². The molecule has 2 aromatic rings. The second-order valence-corrected chi connectivity index (χ2v) is 9.89. The summed E-state index contributed by atoms with van der Waals surface area (Å²) in [6.07, 6.45) is 8.08. The summed E-state index contributed by atoms with van der Waals surface area (Å²) in [4.78, 5) is 10.8. The van der Waals surface area contributed by atoms with Gasteiger partial charge in [0.1, 0.15) is 0 Å². The van der Waals surface area contributed by atoms with E-state index in [9.17, 15) is 0 Å². The highest BCUT2D eigenvalue weighted by atomic mass is 14.9. The third kappa shape index (κ3) is 3.25. The second kappa shape index (κ2) is 7.80. The van der Waals surface area contributed by atoms with Gasteiger partial charge in [-0.25, -0.2) is 0 Å². The van der Waals surface area contributed by atoms with Crippen molar-refractivity contribution in [2.45, 2.75) is 66.2 Å². The maximum absolute atomic E-state index is 5.42. The van der Waals surface area contributed by atoms with E-state index >= 15 is 0 Å². The van der Waals surface area contributed by atoms with Crippen LogP contribution < -0.4 is 0 Å². The first kappa shape index (κ1) is 19.7. The topological polar surface area (TPSA) is 24.7 Å². The fourth-order valence-corrected chi connectivity index (χ4v) is 6.55. The minimum atomic E-state index is 0.594. The second-order valence-electron chi connectivity index (χ2n) is 9.89. The third-order valence-corrected chi connectivity index (χ3v) is 7.96. The third-order valence-electron chi connectivity index (χ3n) is 7.96. The summed E-state index contributed by atoms with van der Waals surface area (Å²) in [6, 6.07) is 13.1. The zero-order chi connectivity index (χ0) is 20.8. The molecule has 0 aliphatic heterocycles. The highest BCUT2D eigenvalue weighted by Crippen LogP contribution is 2.53. The highest BCUT2D eigenvalue weighted by Gasteiger charge is 2.51. The molecule has 156 valence electrons. The summed E-state index contributed by atoms with van der Waals surface area (Å²) in [7, 11) is 0.